The lowest BCUT2D eigenvalue weighted by Crippen LogP contribution is -2.16. The highest BCUT2D eigenvalue weighted by Crippen LogP contribution is 2.17. The highest BCUT2D eigenvalue weighted by Gasteiger charge is 2.12. The quantitative estimate of drug-likeness (QED) is 0.832. The van der Waals surface area contributed by atoms with E-state index in [0.717, 1.165) is 17.8 Å². The number of hydrogen-bond acceptors (Lipinski definition) is 5. The zero-order chi connectivity index (χ0) is 11.3. The molecular formula is C8H15N3O2S2. The van der Waals surface area contributed by atoms with Crippen molar-refractivity contribution < 1.29 is 8.42 Å². The molecule has 0 aliphatic carbocycles. The standard InChI is InChI=1S/C8H15N3O2S2/c1-3-5-6-15(12,13)11-8-10-9-7(4-2)14-8/h3-6H2,1-2H3,(H,10,11). The van der Waals surface area contributed by atoms with Crippen LogP contribution in [0.15, 0.2) is 0 Å². The Morgan fingerprint density at radius 1 is 1.33 bits per heavy atom. The second-order valence-corrected chi connectivity index (χ2v) is 6.03. The summed E-state index contributed by atoms with van der Waals surface area (Å²) >= 11 is 1.28. The third kappa shape index (κ3) is 4.13. The number of nitrogens with zero attached hydrogens (tertiary/aromatic N) is 2. The van der Waals surface area contributed by atoms with Crippen LogP contribution in [0.25, 0.3) is 0 Å². The van der Waals surface area contributed by atoms with E-state index in [1.54, 1.807) is 0 Å². The largest absolute Gasteiger partial charge is 0.257 e. The van der Waals surface area contributed by atoms with Gasteiger partial charge in [0, 0.05) is 0 Å². The van der Waals surface area contributed by atoms with Crippen LogP contribution in [0.4, 0.5) is 5.13 Å². The molecule has 1 aromatic rings. The number of aromatic nitrogens is 2. The molecule has 0 aromatic carbocycles. The van der Waals surface area contributed by atoms with Gasteiger partial charge in [0.1, 0.15) is 5.01 Å². The van der Waals surface area contributed by atoms with Gasteiger partial charge in [-0.05, 0) is 12.8 Å². The molecular weight excluding hydrogens is 234 g/mol. The summed E-state index contributed by atoms with van der Waals surface area (Å²) in [6.07, 6.45) is 2.29. The molecule has 0 aliphatic rings. The number of rotatable bonds is 6. The summed E-state index contributed by atoms with van der Waals surface area (Å²) < 4.78 is 25.4. The molecule has 0 unspecified atom stereocenters. The molecule has 0 saturated heterocycles. The van der Waals surface area contributed by atoms with Crippen LogP contribution in [0.5, 0.6) is 0 Å². The zero-order valence-corrected chi connectivity index (χ0v) is 10.5. The van der Waals surface area contributed by atoms with E-state index in [9.17, 15) is 8.42 Å². The van der Waals surface area contributed by atoms with E-state index < -0.39 is 10.0 Å². The van der Waals surface area contributed by atoms with Crippen LogP contribution in [0.3, 0.4) is 0 Å². The maximum absolute atomic E-state index is 11.5. The van der Waals surface area contributed by atoms with E-state index in [1.165, 1.54) is 11.3 Å². The van der Waals surface area contributed by atoms with Crippen molar-refractivity contribution in [3.63, 3.8) is 0 Å². The summed E-state index contributed by atoms with van der Waals surface area (Å²) in [4.78, 5) is 0. The van der Waals surface area contributed by atoms with Crippen LogP contribution in [-0.2, 0) is 16.4 Å². The first-order valence-corrected chi connectivity index (χ1v) is 7.37. The summed E-state index contributed by atoms with van der Waals surface area (Å²) in [5.41, 5.74) is 0. The molecule has 7 heteroatoms. The summed E-state index contributed by atoms with van der Waals surface area (Å²) in [6, 6.07) is 0. The molecule has 1 rings (SSSR count). The van der Waals surface area contributed by atoms with Crippen molar-refractivity contribution in [1.82, 2.24) is 10.2 Å². The van der Waals surface area contributed by atoms with Crippen molar-refractivity contribution in [2.75, 3.05) is 10.5 Å². The molecule has 86 valence electrons. The van der Waals surface area contributed by atoms with Crippen molar-refractivity contribution in [2.24, 2.45) is 0 Å². The molecule has 0 saturated carbocycles. The fourth-order valence-electron chi connectivity index (χ4n) is 0.956. The van der Waals surface area contributed by atoms with E-state index in [4.69, 9.17) is 0 Å². The van der Waals surface area contributed by atoms with Crippen molar-refractivity contribution in [2.45, 2.75) is 33.1 Å². The number of nitrogens with one attached hydrogen (secondary N) is 1. The van der Waals surface area contributed by atoms with Gasteiger partial charge in [0.15, 0.2) is 0 Å². The van der Waals surface area contributed by atoms with E-state index >= 15 is 0 Å². The first-order valence-electron chi connectivity index (χ1n) is 4.90. The van der Waals surface area contributed by atoms with Crippen molar-refractivity contribution in [3.8, 4) is 0 Å². The number of hydrogen-bond donors (Lipinski definition) is 1. The lowest BCUT2D eigenvalue weighted by atomic mass is 10.4. The van der Waals surface area contributed by atoms with Crippen LogP contribution in [0.1, 0.15) is 31.7 Å². The fraction of sp³-hybridized carbons (Fsp3) is 0.750. The van der Waals surface area contributed by atoms with Gasteiger partial charge >= 0.3 is 0 Å². The maximum Gasteiger partial charge on any atom is 0.234 e. The van der Waals surface area contributed by atoms with Crippen LogP contribution in [0, 0.1) is 0 Å². The minimum atomic E-state index is -3.23. The van der Waals surface area contributed by atoms with Crippen LogP contribution in [-0.4, -0.2) is 24.4 Å². The molecule has 1 aromatic heterocycles. The molecule has 0 aliphatic heterocycles. The van der Waals surface area contributed by atoms with E-state index in [1.807, 2.05) is 13.8 Å². The Kier molecular flexibility index (Phi) is 4.46. The third-order valence-corrected chi connectivity index (χ3v) is 4.22. The summed E-state index contributed by atoms with van der Waals surface area (Å²) in [7, 11) is -3.23. The van der Waals surface area contributed by atoms with Gasteiger partial charge in [-0.3, -0.25) is 4.72 Å². The van der Waals surface area contributed by atoms with Gasteiger partial charge in [-0.25, -0.2) is 8.42 Å². The van der Waals surface area contributed by atoms with Gasteiger partial charge in [-0.2, -0.15) is 0 Å². The smallest absolute Gasteiger partial charge is 0.234 e. The molecule has 0 fully saturated rings. The zero-order valence-electron chi connectivity index (χ0n) is 8.86. The molecule has 15 heavy (non-hydrogen) atoms. The number of unbranched alkanes of at least 4 members (excludes halogenated alkanes) is 1. The van der Waals surface area contributed by atoms with E-state index in [0.29, 0.717) is 11.6 Å². The monoisotopic (exact) mass is 249 g/mol. The van der Waals surface area contributed by atoms with Gasteiger partial charge in [0.05, 0.1) is 5.75 Å². The van der Waals surface area contributed by atoms with Crippen LogP contribution in [0.2, 0.25) is 0 Å². The van der Waals surface area contributed by atoms with Crippen LogP contribution >= 0.6 is 11.3 Å². The van der Waals surface area contributed by atoms with E-state index in [2.05, 4.69) is 14.9 Å². The summed E-state index contributed by atoms with van der Waals surface area (Å²) in [5, 5.41) is 8.80. The van der Waals surface area contributed by atoms with Crippen molar-refractivity contribution in [1.29, 1.82) is 0 Å². The second-order valence-electron chi connectivity index (χ2n) is 3.13. The Labute approximate surface area is 94.0 Å². The maximum atomic E-state index is 11.5. The summed E-state index contributed by atoms with van der Waals surface area (Å²) in [6.45, 7) is 3.91. The fourth-order valence-corrected chi connectivity index (χ4v) is 3.11. The molecule has 0 amide bonds. The Balaban J connectivity index is 2.60. The predicted octanol–water partition coefficient (Wildman–Crippen LogP) is 1.64. The predicted molar refractivity (Wildman–Crippen MR) is 61.6 cm³/mol. The van der Waals surface area contributed by atoms with Gasteiger partial charge in [-0.15, -0.1) is 10.2 Å². The molecule has 0 radical (unpaired) electrons. The topological polar surface area (TPSA) is 72.0 Å². The normalized spacial score (nSPS) is 11.6. The average molecular weight is 249 g/mol. The van der Waals surface area contributed by atoms with Crippen molar-refractivity contribution >= 4 is 26.5 Å². The molecule has 0 spiro atoms. The van der Waals surface area contributed by atoms with E-state index in [-0.39, 0.29) is 5.75 Å². The highest BCUT2D eigenvalue weighted by atomic mass is 32.2. The average Bonchev–Trinajstić information content (AvgIpc) is 2.62. The number of aryl methyl sites for hydroxylation is 1. The number of anilines is 1. The molecule has 5 nitrogen and oxygen atoms in total. The Morgan fingerprint density at radius 3 is 2.60 bits per heavy atom. The second kappa shape index (κ2) is 5.41. The minimum Gasteiger partial charge on any atom is -0.257 e. The Morgan fingerprint density at radius 2 is 2.07 bits per heavy atom. The van der Waals surface area contributed by atoms with Gasteiger partial charge in [0.25, 0.3) is 0 Å². The molecule has 0 bridgehead atoms. The SMILES string of the molecule is CCCCS(=O)(=O)Nc1nnc(CC)s1. The molecule has 1 N–H and O–H groups in total. The first kappa shape index (κ1) is 12.4. The minimum absolute atomic E-state index is 0.143. The molecule has 0 atom stereocenters. The van der Waals surface area contributed by atoms with Crippen LogP contribution < -0.4 is 4.72 Å². The first-order chi connectivity index (χ1) is 7.07. The Hall–Kier alpha value is -0.690. The lowest BCUT2D eigenvalue weighted by Gasteiger charge is -2.02. The lowest BCUT2D eigenvalue weighted by molar-refractivity contribution is 0.597. The van der Waals surface area contributed by atoms with Gasteiger partial charge in [-0.1, -0.05) is 31.6 Å². The summed E-state index contributed by atoms with van der Waals surface area (Å²) in [5.74, 6) is 0.143. The highest BCUT2D eigenvalue weighted by molar-refractivity contribution is 7.92. The van der Waals surface area contributed by atoms with Crippen molar-refractivity contribution in [3.05, 3.63) is 5.01 Å². The van der Waals surface area contributed by atoms with Gasteiger partial charge < -0.3 is 0 Å². The Bertz CT molecular complexity index is 400. The van der Waals surface area contributed by atoms with Gasteiger partial charge in [0.2, 0.25) is 15.2 Å². The molecule has 1 heterocycles. The number of sulfonamides is 1. The third-order valence-electron chi connectivity index (χ3n) is 1.78.